The second-order valence-electron chi connectivity index (χ2n) is 8.25. The van der Waals surface area contributed by atoms with Crippen molar-refractivity contribution in [2.75, 3.05) is 27.3 Å². The molecule has 26 heavy (non-hydrogen) atoms. The summed E-state index contributed by atoms with van der Waals surface area (Å²) in [5.41, 5.74) is 3.27. The van der Waals surface area contributed by atoms with Crippen molar-refractivity contribution in [3.05, 3.63) is 66.0 Å². The summed E-state index contributed by atoms with van der Waals surface area (Å²) in [6.07, 6.45) is 8.65. The van der Waals surface area contributed by atoms with E-state index >= 15 is 0 Å². The Balaban J connectivity index is 1.44. The minimum Gasteiger partial charge on any atom is -0.300 e. The van der Waals surface area contributed by atoms with Crippen molar-refractivity contribution < 1.29 is 0 Å². The molecule has 2 heterocycles. The molecular formula is C22H30N4. The maximum Gasteiger partial charge on any atom is 0.0489 e. The number of nitrogens with one attached hydrogen (secondary N) is 1. The molecule has 1 aromatic heterocycles. The summed E-state index contributed by atoms with van der Waals surface area (Å²) in [5, 5.41) is 3.86. The monoisotopic (exact) mass is 350 g/mol. The topological polar surface area (TPSA) is 31.4 Å². The summed E-state index contributed by atoms with van der Waals surface area (Å²) in [5.74, 6) is 0. The quantitative estimate of drug-likeness (QED) is 0.917. The lowest BCUT2D eigenvalue weighted by molar-refractivity contribution is 0.0616. The fourth-order valence-corrected chi connectivity index (χ4v) is 4.90. The van der Waals surface area contributed by atoms with Crippen molar-refractivity contribution in [2.45, 2.75) is 43.3 Å². The summed E-state index contributed by atoms with van der Waals surface area (Å²) in [6, 6.07) is 15.3. The zero-order valence-electron chi connectivity index (χ0n) is 16.0. The van der Waals surface area contributed by atoms with Crippen molar-refractivity contribution in [1.29, 1.82) is 0 Å². The third-order valence-corrected chi connectivity index (χ3v) is 6.56. The van der Waals surface area contributed by atoms with Gasteiger partial charge in [0.2, 0.25) is 0 Å². The Hall–Kier alpha value is -1.75. The number of hydrogen-bond acceptors (Lipinski definition) is 4. The lowest BCUT2D eigenvalue weighted by atomic mass is 9.69. The minimum atomic E-state index is 0.173. The van der Waals surface area contributed by atoms with Gasteiger partial charge in [-0.25, -0.2) is 0 Å². The van der Waals surface area contributed by atoms with E-state index in [1.165, 1.54) is 36.8 Å². The molecule has 4 rings (SSSR count). The zero-order valence-corrected chi connectivity index (χ0v) is 16.0. The predicted octanol–water partition coefficient (Wildman–Crippen LogP) is 3.21. The molecule has 1 aliphatic carbocycles. The fraction of sp³-hybridized carbons (Fsp3) is 0.500. The Kier molecular flexibility index (Phi) is 4.82. The van der Waals surface area contributed by atoms with Gasteiger partial charge in [0.1, 0.15) is 0 Å². The SMILES string of the molecule is CN(C)C1(c2ccccc2)CCC2(CC1)CN(Cc1ccncc1)CN2. The van der Waals surface area contributed by atoms with E-state index in [-0.39, 0.29) is 11.1 Å². The Morgan fingerprint density at radius 1 is 1.00 bits per heavy atom. The second kappa shape index (κ2) is 7.10. The van der Waals surface area contributed by atoms with E-state index in [4.69, 9.17) is 0 Å². The second-order valence-corrected chi connectivity index (χ2v) is 8.25. The van der Waals surface area contributed by atoms with Crippen molar-refractivity contribution in [3.8, 4) is 0 Å². The Bertz CT molecular complexity index is 705. The number of rotatable bonds is 4. The van der Waals surface area contributed by atoms with Crippen LogP contribution in [0.1, 0.15) is 36.8 Å². The van der Waals surface area contributed by atoms with E-state index in [1.807, 2.05) is 12.4 Å². The van der Waals surface area contributed by atoms with Crippen LogP contribution in [0.2, 0.25) is 0 Å². The van der Waals surface area contributed by atoms with Gasteiger partial charge in [-0.05, 0) is 63.0 Å². The van der Waals surface area contributed by atoms with Gasteiger partial charge in [0.25, 0.3) is 0 Å². The highest BCUT2D eigenvalue weighted by molar-refractivity contribution is 5.26. The third kappa shape index (κ3) is 3.29. The van der Waals surface area contributed by atoms with Crippen molar-refractivity contribution in [3.63, 3.8) is 0 Å². The van der Waals surface area contributed by atoms with E-state index in [1.54, 1.807) is 0 Å². The normalized spacial score (nSPS) is 29.5. The van der Waals surface area contributed by atoms with Crippen LogP contribution in [-0.2, 0) is 12.1 Å². The summed E-state index contributed by atoms with van der Waals surface area (Å²) in [6.45, 7) is 3.14. The molecule has 1 N–H and O–H groups in total. The Morgan fingerprint density at radius 2 is 1.69 bits per heavy atom. The number of hydrogen-bond donors (Lipinski definition) is 1. The number of benzene rings is 1. The molecule has 4 nitrogen and oxygen atoms in total. The zero-order chi connectivity index (χ0) is 18.0. The van der Waals surface area contributed by atoms with E-state index in [0.717, 1.165) is 19.8 Å². The summed E-state index contributed by atoms with van der Waals surface area (Å²) in [4.78, 5) is 9.11. The maximum atomic E-state index is 4.13. The molecule has 0 unspecified atom stereocenters. The molecule has 2 aliphatic rings. The Labute approximate surface area is 157 Å². The van der Waals surface area contributed by atoms with Gasteiger partial charge in [-0.1, -0.05) is 30.3 Å². The first-order chi connectivity index (χ1) is 12.6. The predicted molar refractivity (Wildman–Crippen MR) is 106 cm³/mol. The van der Waals surface area contributed by atoms with E-state index in [9.17, 15) is 0 Å². The molecule has 1 spiro atoms. The maximum absolute atomic E-state index is 4.13. The summed E-state index contributed by atoms with van der Waals surface area (Å²) < 4.78 is 0. The van der Waals surface area contributed by atoms with Crippen LogP contribution in [0.4, 0.5) is 0 Å². The number of aromatic nitrogens is 1. The average molecular weight is 351 g/mol. The molecule has 1 aromatic carbocycles. The molecule has 0 bridgehead atoms. The highest BCUT2D eigenvalue weighted by Crippen LogP contribution is 2.45. The highest BCUT2D eigenvalue weighted by Gasteiger charge is 2.47. The van der Waals surface area contributed by atoms with Gasteiger partial charge in [-0.3, -0.25) is 20.1 Å². The summed E-state index contributed by atoms with van der Waals surface area (Å²) in [7, 11) is 4.48. The van der Waals surface area contributed by atoms with E-state index in [0.29, 0.717) is 0 Å². The Morgan fingerprint density at radius 3 is 2.35 bits per heavy atom. The highest BCUT2D eigenvalue weighted by atomic mass is 15.3. The molecule has 0 radical (unpaired) electrons. The van der Waals surface area contributed by atoms with Crippen LogP contribution in [0.5, 0.6) is 0 Å². The molecule has 0 amide bonds. The lowest BCUT2D eigenvalue weighted by Gasteiger charge is -2.49. The van der Waals surface area contributed by atoms with Gasteiger partial charge in [0.15, 0.2) is 0 Å². The van der Waals surface area contributed by atoms with Crippen LogP contribution in [0.25, 0.3) is 0 Å². The standard InChI is InChI=1S/C22H30N4/c1-25(2)22(20-6-4-3-5-7-20)12-10-21(11-13-22)17-26(18-24-21)16-19-8-14-23-15-9-19/h3-9,14-15,24H,10-13,16-18H2,1-2H3. The van der Waals surface area contributed by atoms with Gasteiger partial charge in [-0.15, -0.1) is 0 Å². The molecule has 2 aromatic rings. The lowest BCUT2D eigenvalue weighted by Crippen LogP contribution is -2.53. The van der Waals surface area contributed by atoms with Gasteiger partial charge in [0.05, 0.1) is 0 Å². The van der Waals surface area contributed by atoms with E-state index in [2.05, 4.69) is 76.7 Å². The number of nitrogens with zero attached hydrogens (tertiary/aromatic N) is 3. The van der Waals surface area contributed by atoms with Gasteiger partial charge < -0.3 is 0 Å². The summed E-state index contributed by atoms with van der Waals surface area (Å²) >= 11 is 0. The van der Waals surface area contributed by atoms with Crippen LogP contribution >= 0.6 is 0 Å². The molecule has 138 valence electrons. The fourth-order valence-electron chi connectivity index (χ4n) is 4.90. The average Bonchev–Trinajstić information content (AvgIpc) is 3.06. The minimum absolute atomic E-state index is 0.173. The molecule has 1 aliphatic heterocycles. The smallest absolute Gasteiger partial charge is 0.0489 e. The van der Waals surface area contributed by atoms with Crippen LogP contribution in [-0.4, -0.2) is 47.6 Å². The first-order valence-electron chi connectivity index (χ1n) is 9.71. The van der Waals surface area contributed by atoms with Crippen LogP contribution in [0, 0.1) is 0 Å². The van der Waals surface area contributed by atoms with Crippen LogP contribution in [0.3, 0.4) is 0 Å². The van der Waals surface area contributed by atoms with Gasteiger partial charge >= 0.3 is 0 Å². The van der Waals surface area contributed by atoms with Gasteiger partial charge in [0, 0.05) is 43.2 Å². The number of pyridine rings is 1. The molecule has 0 atom stereocenters. The largest absolute Gasteiger partial charge is 0.300 e. The van der Waals surface area contributed by atoms with Crippen LogP contribution in [0.15, 0.2) is 54.9 Å². The molecule has 2 fully saturated rings. The first-order valence-corrected chi connectivity index (χ1v) is 9.71. The van der Waals surface area contributed by atoms with Crippen molar-refractivity contribution in [1.82, 2.24) is 20.1 Å². The van der Waals surface area contributed by atoms with Crippen molar-refractivity contribution in [2.24, 2.45) is 0 Å². The van der Waals surface area contributed by atoms with Crippen LogP contribution < -0.4 is 5.32 Å². The van der Waals surface area contributed by atoms with E-state index < -0.39 is 0 Å². The molecule has 1 saturated carbocycles. The molecule has 1 saturated heterocycles. The molecular weight excluding hydrogens is 320 g/mol. The van der Waals surface area contributed by atoms with Crippen molar-refractivity contribution >= 4 is 0 Å². The molecule has 4 heteroatoms. The van der Waals surface area contributed by atoms with Gasteiger partial charge in [-0.2, -0.15) is 0 Å². The first kappa shape index (κ1) is 17.7. The third-order valence-electron chi connectivity index (χ3n) is 6.56.